The Morgan fingerprint density at radius 1 is 1.08 bits per heavy atom. The number of nitrogens with one attached hydrogen (secondary N) is 1. The van der Waals surface area contributed by atoms with Crippen LogP contribution in [0.15, 0.2) is 30.3 Å². The molecule has 0 spiro atoms. The summed E-state index contributed by atoms with van der Waals surface area (Å²) in [5, 5.41) is 3.29. The number of amides is 1. The minimum atomic E-state index is 0.0545. The van der Waals surface area contributed by atoms with Crippen LogP contribution in [0.25, 0.3) is 6.08 Å². The van der Waals surface area contributed by atoms with Crippen molar-refractivity contribution in [2.45, 2.75) is 58.4 Å². The number of carbonyl (C=O) groups is 1. The van der Waals surface area contributed by atoms with Crippen molar-refractivity contribution < 1.29 is 4.79 Å². The Morgan fingerprint density at radius 3 is 2.17 bits per heavy atom. The molecule has 1 amide bonds. The van der Waals surface area contributed by atoms with Crippen LogP contribution in [0.1, 0.15) is 56.6 Å². The van der Waals surface area contributed by atoms with E-state index >= 15 is 0 Å². The molecule has 128 valence electrons. The average molecular weight is 323 g/mol. The van der Waals surface area contributed by atoms with E-state index in [0.717, 1.165) is 23.3 Å². The predicted octanol–water partition coefficient (Wildman–Crippen LogP) is 4.73. The second-order valence-electron chi connectivity index (χ2n) is 8.75. The number of benzene rings is 1. The number of hydrogen-bond acceptors (Lipinski definition) is 1. The van der Waals surface area contributed by atoms with Gasteiger partial charge in [0.1, 0.15) is 0 Å². The van der Waals surface area contributed by atoms with E-state index < -0.39 is 0 Å². The van der Waals surface area contributed by atoms with Crippen LogP contribution in [0.4, 0.5) is 0 Å². The first-order valence-corrected chi connectivity index (χ1v) is 9.58. The molecule has 1 aromatic carbocycles. The number of carbonyl (C=O) groups excluding carboxylic acids is 1. The summed E-state index contributed by atoms with van der Waals surface area (Å²) < 4.78 is 0. The molecule has 1 aromatic rings. The Balaban J connectivity index is 1.39. The van der Waals surface area contributed by atoms with Crippen molar-refractivity contribution in [1.82, 2.24) is 5.32 Å². The highest BCUT2D eigenvalue weighted by Crippen LogP contribution is 2.61. The van der Waals surface area contributed by atoms with Crippen molar-refractivity contribution in [3.63, 3.8) is 0 Å². The average Bonchev–Trinajstić information content (AvgIpc) is 2.53. The number of aryl methyl sites for hydroxylation is 1. The Kier molecular flexibility index (Phi) is 4.02. The largest absolute Gasteiger partial charge is 0.350 e. The highest BCUT2D eigenvalue weighted by molar-refractivity contribution is 5.91. The van der Waals surface area contributed by atoms with Gasteiger partial charge in [-0.2, -0.15) is 0 Å². The third kappa shape index (κ3) is 3.03. The van der Waals surface area contributed by atoms with Crippen LogP contribution in [0.3, 0.4) is 0 Å². The van der Waals surface area contributed by atoms with Gasteiger partial charge in [-0.1, -0.05) is 29.8 Å². The first-order valence-electron chi connectivity index (χ1n) is 9.58. The fraction of sp³-hybridized carbons (Fsp3) is 0.591. The summed E-state index contributed by atoms with van der Waals surface area (Å²) in [5.74, 6) is 2.84. The van der Waals surface area contributed by atoms with Gasteiger partial charge in [0, 0.05) is 12.1 Å². The lowest BCUT2D eigenvalue weighted by molar-refractivity contribution is -0.121. The van der Waals surface area contributed by atoms with Crippen LogP contribution in [0.2, 0.25) is 0 Å². The van der Waals surface area contributed by atoms with E-state index in [1.54, 1.807) is 6.08 Å². The van der Waals surface area contributed by atoms with Gasteiger partial charge in [-0.15, -0.1) is 0 Å². The Morgan fingerprint density at radius 2 is 1.62 bits per heavy atom. The molecule has 4 aliphatic carbocycles. The third-order valence-corrected chi connectivity index (χ3v) is 6.87. The van der Waals surface area contributed by atoms with Gasteiger partial charge in [0.25, 0.3) is 0 Å². The van der Waals surface area contributed by atoms with Crippen molar-refractivity contribution in [3.8, 4) is 0 Å². The maximum absolute atomic E-state index is 12.4. The van der Waals surface area contributed by atoms with Crippen LogP contribution in [0, 0.1) is 30.1 Å². The molecule has 4 bridgehead atoms. The maximum Gasteiger partial charge on any atom is 0.244 e. The van der Waals surface area contributed by atoms with Crippen LogP contribution in [0.5, 0.6) is 0 Å². The van der Waals surface area contributed by atoms with Gasteiger partial charge in [-0.25, -0.2) is 0 Å². The van der Waals surface area contributed by atoms with Gasteiger partial charge < -0.3 is 5.32 Å². The second kappa shape index (κ2) is 6.06. The first-order chi connectivity index (χ1) is 11.5. The molecule has 2 nitrogen and oxygen atoms in total. The molecule has 4 fully saturated rings. The molecule has 1 atom stereocenters. The SMILES string of the molecule is Cc1ccc(/C=C/C(=O)N[C@@H](C)C23CC4CC(CC(C4)C2)C3)cc1. The molecule has 4 saturated carbocycles. The quantitative estimate of drug-likeness (QED) is 0.797. The molecule has 2 heteroatoms. The summed E-state index contributed by atoms with van der Waals surface area (Å²) in [4.78, 5) is 12.4. The van der Waals surface area contributed by atoms with Crippen molar-refractivity contribution in [1.29, 1.82) is 0 Å². The molecule has 5 rings (SSSR count). The molecule has 4 aliphatic rings. The summed E-state index contributed by atoms with van der Waals surface area (Å²) in [6.45, 7) is 4.32. The zero-order valence-corrected chi connectivity index (χ0v) is 14.9. The summed E-state index contributed by atoms with van der Waals surface area (Å²) in [6, 6.07) is 8.56. The van der Waals surface area contributed by atoms with Crippen molar-refractivity contribution >= 4 is 12.0 Å². The topological polar surface area (TPSA) is 29.1 Å². The van der Waals surface area contributed by atoms with E-state index in [2.05, 4.69) is 43.4 Å². The molecule has 0 radical (unpaired) electrons. The van der Waals surface area contributed by atoms with Gasteiger partial charge in [-0.05, 0) is 87.2 Å². The molecular formula is C22H29NO. The van der Waals surface area contributed by atoms with Crippen LogP contribution in [-0.4, -0.2) is 11.9 Å². The van der Waals surface area contributed by atoms with E-state index in [1.807, 2.05) is 6.08 Å². The summed E-state index contributed by atoms with van der Waals surface area (Å²) >= 11 is 0. The third-order valence-electron chi connectivity index (χ3n) is 6.87. The maximum atomic E-state index is 12.4. The molecular weight excluding hydrogens is 294 g/mol. The van der Waals surface area contributed by atoms with E-state index in [9.17, 15) is 4.79 Å². The highest BCUT2D eigenvalue weighted by Gasteiger charge is 2.53. The smallest absolute Gasteiger partial charge is 0.244 e. The fourth-order valence-corrected chi connectivity index (χ4v) is 5.97. The van der Waals surface area contributed by atoms with Crippen LogP contribution < -0.4 is 5.32 Å². The van der Waals surface area contributed by atoms with Gasteiger partial charge in [0.2, 0.25) is 5.91 Å². The van der Waals surface area contributed by atoms with Crippen LogP contribution >= 0.6 is 0 Å². The van der Waals surface area contributed by atoms with Crippen molar-refractivity contribution in [3.05, 3.63) is 41.5 Å². The minimum absolute atomic E-state index is 0.0545. The standard InChI is InChI=1S/C22H29NO/c1-15-3-5-17(6-4-15)7-8-21(24)23-16(2)22-12-18-9-19(13-22)11-20(10-18)14-22/h3-8,16,18-20H,9-14H2,1-2H3,(H,23,24)/b8-7+/t16-,18?,19?,20?,22?/m0/s1. The second-order valence-corrected chi connectivity index (χ2v) is 8.75. The molecule has 0 heterocycles. The van der Waals surface area contributed by atoms with E-state index in [1.165, 1.54) is 44.1 Å². The van der Waals surface area contributed by atoms with Gasteiger partial charge in [0.15, 0.2) is 0 Å². The summed E-state index contributed by atoms with van der Waals surface area (Å²) in [7, 11) is 0. The molecule has 0 aliphatic heterocycles. The number of rotatable bonds is 4. The lowest BCUT2D eigenvalue weighted by Gasteiger charge is -2.59. The summed E-state index contributed by atoms with van der Waals surface area (Å²) in [5.41, 5.74) is 2.70. The molecule has 0 unspecified atom stereocenters. The lowest BCUT2D eigenvalue weighted by Crippen LogP contribution is -2.55. The molecule has 0 saturated heterocycles. The minimum Gasteiger partial charge on any atom is -0.350 e. The zero-order valence-electron chi connectivity index (χ0n) is 14.9. The Bertz CT molecular complexity index is 607. The van der Waals surface area contributed by atoms with Gasteiger partial charge in [0.05, 0.1) is 0 Å². The van der Waals surface area contributed by atoms with E-state index in [0.29, 0.717) is 11.5 Å². The monoisotopic (exact) mass is 323 g/mol. The highest BCUT2D eigenvalue weighted by atomic mass is 16.1. The first kappa shape index (κ1) is 15.9. The van der Waals surface area contributed by atoms with Crippen molar-refractivity contribution in [2.75, 3.05) is 0 Å². The fourth-order valence-electron chi connectivity index (χ4n) is 5.97. The van der Waals surface area contributed by atoms with Crippen molar-refractivity contribution in [2.24, 2.45) is 23.2 Å². The Labute approximate surface area is 145 Å². The van der Waals surface area contributed by atoms with Crippen LogP contribution in [-0.2, 0) is 4.79 Å². The molecule has 1 N–H and O–H groups in total. The molecule has 0 aromatic heterocycles. The summed E-state index contributed by atoms with van der Waals surface area (Å²) in [6.07, 6.45) is 12.0. The van der Waals surface area contributed by atoms with E-state index in [4.69, 9.17) is 0 Å². The lowest BCUT2D eigenvalue weighted by atomic mass is 9.48. The predicted molar refractivity (Wildman–Crippen MR) is 98.4 cm³/mol. The zero-order chi connectivity index (χ0) is 16.7. The molecule has 24 heavy (non-hydrogen) atoms. The Hall–Kier alpha value is -1.57. The number of hydrogen-bond donors (Lipinski definition) is 1. The normalized spacial score (nSPS) is 35.3. The van der Waals surface area contributed by atoms with Gasteiger partial charge >= 0.3 is 0 Å². The van der Waals surface area contributed by atoms with E-state index in [-0.39, 0.29) is 5.91 Å². The van der Waals surface area contributed by atoms with Gasteiger partial charge in [-0.3, -0.25) is 4.79 Å².